The number of nitrogens with zero attached hydrogens (tertiary/aromatic N) is 1. The molecule has 0 atom stereocenters. The van der Waals surface area contributed by atoms with Crippen LogP contribution in [0.4, 0.5) is 0 Å². The Labute approximate surface area is 74.5 Å². The standard InChI is InChI=1S/C7H10N2O2S/c1-2-3-9-6(11)4-5(10)8-7(9)12/h4,11H,2-3H2,1H3,(H,8,10,12). The summed E-state index contributed by atoms with van der Waals surface area (Å²) >= 11 is 4.84. The number of hydrogen-bond donors (Lipinski definition) is 2. The highest BCUT2D eigenvalue weighted by molar-refractivity contribution is 7.71. The van der Waals surface area contributed by atoms with Crippen molar-refractivity contribution in [3.05, 3.63) is 21.2 Å². The number of rotatable bonds is 2. The summed E-state index contributed by atoms with van der Waals surface area (Å²) < 4.78 is 1.75. The lowest BCUT2D eigenvalue weighted by atomic mass is 10.4. The summed E-state index contributed by atoms with van der Waals surface area (Å²) in [5, 5.41) is 9.28. The first-order chi connectivity index (χ1) is 5.65. The Hall–Kier alpha value is -1.10. The molecule has 1 heterocycles. The third-order valence-electron chi connectivity index (χ3n) is 1.46. The number of H-pyrrole nitrogens is 1. The minimum Gasteiger partial charge on any atom is -0.494 e. The van der Waals surface area contributed by atoms with Gasteiger partial charge >= 0.3 is 0 Å². The molecule has 1 aromatic heterocycles. The molecule has 1 rings (SSSR count). The molecule has 1 aromatic rings. The molecule has 0 aliphatic heterocycles. The molecule has 4 nitrogen and oxygen atoms in total. The van der Waals surface area contributed by atoms with Gasteiger partial charge in [-0.3, -0.25) is 14.3 Å². The molecule has 66 valence electrons. The normalized spacial score (nSPS) is 10.1. The van der Waals surface area contributed by atoms with Crippen LogP contribution < -0.4 is 5.56 Å². The molecular weight excluding hydrogens is 176 g/mol. The Morgan fingerprint density at radius 1 is 1.75 bits per heavy atom. The van der Waals surface area contributed by atoms with E-state index in [-0.39, 0.29) is 16.2 Å². The maximum absolute atomic E-state index is 10.8. The Morgan fingerprint density at radius 3 is 2.92 bits per heavy atom. The second-order valence-corrected chi connectivity index (χ2v) is 2.84. The Balaban J connectivity index is 3.29. The van der Waals surface area contributed by atoms with Gasteiger partial charge in [0.25, 0.3) is 5.56 Å². The Kier molecular flexibility index (Phi) is 2.65. The lowest BCUT2D eigenvalue weighted by Crippen LogP contribution is -2.11. The lowest BCUT2D eigenvalue weighted by Gasteiger charge is -2.05. The molecular formula is C7H10N2O2S. The summed E-state index contributed by atoms with van der Waals surface area (Å²) in [7, 11) is 0. The maximum atomic E-state index is 10.8. The zero-order chi connectivity index (χ0) is 9.14. The zero-order valence-corrected chi connectivity index (χ0v) is 7.52. The fraction of sp³-hybridized carbons (Fsp3) is 0.429. The van der Waals surface area contributed by atoms with Crippen molar-refractivity contribution in [3.63, 3.8) is 0 Å². The van der Waals surface area contributed by atoms with E-state index < -0.39 is 0 Å². The van der Waals surface area contributed by atoms with Crippen LogP contribution in [-0.2, 0) is 6.54 Å². The van der Waals surface area contributed by atoms with Crippen molar-refractivity contribution in [2.45, 2.75) is 19.9 Å². The molecule has 0 aromatic carbocycles. The lowest BCUT2D eigenvalue weighted by molar-refractivity contribution is 0.402. The maximum Gasteiger partial charge on any atom is 0.255 e. The number of nitrogens with one attached hydrogen (secondary N) is 1. The highest BCUT2D eigenvalue weighted by atomic mass is 32.1. The van der Waals surface area contributed by atoms with Gasteiger partial charge < -0.3 is 5.11 Å². The topological polar surface area (TPSA) is 58.0 Å². The van der Waals surface area contributed by atoms with E-state index in [1.54, 1.807) is 0 Å². The van der Waals surface area contributed by atoms with Crippen molar-refractivity contribution in [3.8, 4) is 5.88 Å². The van der Waals surface area contributed by atoms with E-state index in [0.29, 0.717) is 6.54 Å². The van der Waals surface area contributed by atoms with Crippen molar-refractivity contribution in [2.24, 2.45) is 0 Å². The first-order valence-corrected chi connectivity index (χ1v) is 4.09. The Morgan fingerprint density at radius 2 is 2.42 bits per heavy atom. The minimum atomic E-state index is -0.371. The molecule has 5 heteroatoms. The third kappa shape index (κ3) is 1.73. The highest BCUT2D eigenvalue weighted by Gasteiger charge is 1.99. The largest absolute Gasteiger partial charge is 0.494 e. The second kappa shape index (κ2) is 3.53. The van der Waals surface area contributed by atoms with Gasteiger partial charge in [-0.25, -0.2) is 0 Å². The molecule has 0 radical (unpaired) electrons. The predicted octanol–water partition coefficient (Wildman–Crippen LogP) is 1.02. The van der Waals surface area contributed by atoms with Crippen LogP contribution in [0.15, 0.2) is 10.9 Å². The van der Waals surface area contributed by atoms with Crippen LogP contribution in [0.25, 0.3) is 0 Å². The average Bonchev–Trinajstić information content (AvgIpc) is 1.96. The van der Waals surface area contributed by atoms with Crippen LogP contribution in [0.1, 0.15) is 13.3 Å². The quantitative estimate of drug-likeness (QED) is 0.678. The summed E-state index contributed by atoms with van der Waals surface area (Å²) in [6.45, 7) is 2.58. The van der Waals surface area contributed by atoms with Gasteiger partial charge in [0, 0.05) is 6.54 Å². The molecule has 0 amide bonds. The van der Waals surface area contributed by atoms with Gasteiger partial charge in [-0.2, -0.15) is 0 Å². The molecule has 0 spiro atoms. The van der Waals surface area contributed by atoms with Crippen LogP contribution in [0, 0.1) is 4.77 Å². The Bertz CT molecular complexity index is 380. The number of hydrogen-bond acceptors (Lipinski definition) is 3. The average molecular weight is 186 g/mol. The first kappa shape index (κ1) is 8.99. The summed E-state index contributed by atoms with van der Waals surface area (Å²) in [5.74, 6) is -0.0781. The second-order valence-electron chi connectivity index (χ2n) is 2.45. The van der Waals surface area contributed by atoms with Crippen LogP contribution in [0.2, 0.25) is 0 Å². The van der Waals surface area contributed by atoms with Gasteiger partial charge in [0.15, 0.2) is 10.7 Å². The van der Waals surface area contributed by atoms with Crippen molar-refractivity contribution < 1.29 is 5.11 Å². The molecule has 0 saturated carbocycles. The highest BCUT2D eigenvalue weighted by Crippen LogP contribution is 2.05. The molecule has 2 N–H and O–H groups in total. The summed E-state index contributed by atoms with van der Waals surface area (Å²) in [6, 6.07) is 1.12. The smallest absolute Gasteiger partial charge is 0.255 e. The molecule has 12 heavy (non-hydrogen) atoms. The van der Waals surface area contributed by atoms with E-state index in [0.717, 1.165) is 12.5 Å². The zero-order valence-electron chi connectivity index (χ0n) is 6.70. The van der Waals surface area contributed by atoms with E-state index in [1.807, 2.05) is 6.92 Å². The van der Waals surface area contributed by atoms with Crippen LogP contribution in [0.5, 0.6) is 5.88 Å². The van der Waals surface area contributed by atoms with Gasteiger partial charge in [-0.1, -0.05) is 6.92 Å². The summed E-state index contributed by atoms with van der Waals surface area (Å²) in [6.07, 6.45) is 0.855. The van der Waals surface area contributed by atoms with Crippen molar-refractivity contribution >= 4 is 12.2 Å². The fourth-order valence-corrected chi connectivity index (χ4v) is 1.23. The van der Waals surface area contributed by atoms with Crippen molar-refractivity contribution in [1.29, 1.82) is 0 Å². The number of aromatic amines is 1. The van der Waals surface area contributed by atoms with E-state index in [9.17, 15) is 9.90 Å². The summed E-state index contributed by atoms with van der Waals surface area (Å²) in [4.78, 5) is 13.2. The molecule has 0 aliphatic rings. The minimum absolute atomic E-state index is 0.0781. The van der Waals surface area contributed by atoms with Gasteiger partial charge in [0.1, 0.15) is 0 Å². The first-order valence-electron chi connectivity index (χ1n) is 3.68. The molecule has 0 bridgehead atoms. The summed E-state index contributed by atoms with van der Waals surface area (Å²) in [5.41, 5.74) is -0.371. The molecule has 0 saturated heterocycles. The number of aromatic hydroxyl groups is 1. The monoisotopic (exact) mass is 186 g/mol. The molecule has 0 unspecified atom stereocenters. The van der Waals surface area contributed by atoms with Crippen LogP contribution in [-0.4, -0.2) is 14.7 Å². The van der Waals surface area contributed by atoms with Gasteiger partial charge in [-0.15, -0.1) is 0 Å². The van der Waals surface area contributed by atoms with E-state index in [4.69, 9.17) is 12.2 Å². The predicted molar refractivity (Wildman–Crippen MR) is 47.8 cm³/mol. The SMILES string of the molecule is CCCn1c(O)cc(=O)[nH]c1=S. The van der Waals surface area contributed by atoms with E-state index >= 15 is 0 Å². The van der Waals surface area contributed by atoms with Gasteiger partial charge in [0.05, 0.1) is 6.07 Å². The van der Waals surface area contributed by atoms with Crippen molar-refractivity contribution in [1.82, 2.24) is 9.55 Å². The molecule has 0 fully saturated rings. The van der Waals surface area contributed by atoms with Crippen molar-refractivity contribution in [2.75, 3.05) is 0 Å². The van der Waals surface area contributed by atoms with Crippen LogP contribution >= 0.6 is 12.2 Å². The van der Waals surface area contributed by atoms with E-state index in [1.165, 1.54) is 4.57 Å². The third-order valence-corrected chi connectivity index (χ3v) is 1.78. The van der Waals surface area contributed by atoms with Gasteiger partial charge in [-0.05, 0) is 18.6 Å². The number of aromatic nitrogens is 2. The van der Waals surface area contributed by atoms with Crippen LogP contribution in [0.3, 0.4) is 0 Å². The van der Waals surface area contributed by atoms with Gasteiger partial charge in [0.2, 0.25) is 0 Å². The van der Waals surface area contributed by atoms with E-state index in [2.05, 4.69) is 4.98 Å². The molecule has 0 aliphatic carbocycles. The fourth-order valence-electron chi connectivity index (χ4n) is 0.948.